The number of rotatable bonds is 4. The Bertz CT molecular complexity index is 1270. The van der Waals surface area contributed by atoms with Crippen LogP contribution < -0.4 is 15.8 Å². The number of aromatic nitrogens is 1. The van der Waals surface area contributed by atoms with Crippen LogP contribution in [0, 0.1) is 0 Å². The third-order valence-electron chi connectivity index (χ3n) is 6.61. The summed E-state index contributed by atoms with van der Waals surface area (Å²) in [5.74, 6) is 0. The van der Waals surface area contributed by atoms with Crippen LogP contribution in [-0.4, -0.2) is 62.4 Å². The fraction of sp³-hybridized carbons (Fsp3) is 0.346. The zero-order valence-corrected chi connectivity index (χ0v) is 20.8. The first-order valence-electron chi connectivity index (χ1n) is 11.8. The maximum absolute atomic E-state index is 12.6. The van der Waals surface area contributed by atoms with Crippen LogP contribution in [-0.2, 0) is 4.74 Å². The Balaban J connectivity index is 1.29. The first-order valence-corrected chi connectivity index (χ1v) is 13.4. The molecule has 1 unspecified atom stereocenters. The number of pyridine rings is 1. The van der Waals surface area contributed by atoms with Gasteiger partial charge in [0.25, 0.3) is 0 Å². The molecule has 2 fully saturated rings. The topological polar surface area (TPSA) is 60.6 Å². The zero-order chi connectivity index (χ0) is 23.1. The standard InChI is InChI=1S/C26H28N4O2S2/c1-29-8-7-18(16-29)27-17-5-6-22-24(13-17)33-23-4-2-3-20(26(23)34-22)21-14-19(15-25(31)28-21)30-9-11-32-12-10-30/h2-6,13-15,18,27H,7-12,16H2,1H3,(H,28,31). The summed E-state index contributed by atoms with van der Waals surface area (Å²) >= 11 is 3.60. The average Bonchev–Trinajstić information content (AvgIpc) is 3.27. The van der Waals surface area contributed by atoms with E-state index in [4.69, 9.17) is 4.74 Å². The number of likely N-dealkylation sites (N-methyl/N-ethyl adjacent to an activating group) is 1. The van der Waals surface area contributed by atoms with E-state index in [1.807, 2.05) is 11.8 Å². The van der Waals surface area contributed by atoms with Crippen molar-refractivity contribution in [3.8, 4) is 11.3 Å². The normalized spacial score (nSPS) is 20.1. The van der Waals surface area contributed by atoms with Gasteiger partial charge in [-0.25, -0.2) is 0 Å². The molecule has 1 aromatic heterocycles. The van der Waals surface area contributed by atoms with Gasteiger partial charge in [-0.2, -0.15) is 0 Å². The number of anilines is 2. The minimum Gasteiger partial charge on any atom is -0.381 e. The molecule has 0 spiro atoms. The molecule has 2 N–H and O–H groups in total. The van der Waals surface area contributed by atoms with E-state index < -0.39 is 0 Å². The van der Waals surface area contributed by atoms with Crippen molar-refractivity contribution in [3.63, 3.8) is 0 Å². The maximum Gasteiger partial charge on any atom is 0.250 e. The number of nitrogens with zero attached hydrogens (tertiary/aromatic N) is 2. The number of hydrogen-bond donors (Lipinski definition) is 2. The van der Waals surface area contributed by atoms with Crippen LogP contribution in [0.1, 0.15) is 6.42 Å². The summed E-state index contributed by atoms with van der Waals surface area (Å²) in [5, 5.41) is 3.71. The second-order valence-corrected chi connectivity index (χ2v) is 11.2. The van der Waals surface area contributed by atoms with Crippen LogP contribution >= 0.6 is 23.5 Å². The Morgan fingerprint density at radius 2 is 1.88 bits per heavy atom. The van der Waals surface area contributed by atoms with Crippen molar-refractivity contribution in [1.29, 1.82) is 0 Å². The van der Waals surface area contributed by atoms with Crippen molar-refractivity contribution in [2.24, 2.45) is 0 Å². The van der Waals surface area contributed by atoms with Crippen molar-refractivity contribution < 1.29 is 4.74 Å². The third kappa shape index (κ3) is 4.47. The number of benzene rings is 2. The van der Waals surface area contributed by atoms with Gasteiger partial charge in [0.1, 0.15) is 0 Å². The molecule has 6 nitrogen and oxygen atoms in total. The molecular formula is C26H28N4O2S2. The van der Waals surface area contributed by atoms with Gasteiger partial charge in [0.15, 0.2) is 0 Å². The second kappa shape index (κ2) is 9.34. The third-order valence-corrected chi connectivity index (χ3v) is 9.21. The first-order chi connectivity index (χ1) is 16.6. The average molecular weight is 493 g/mol. The Hall–Kier alpha value is -2.39. The van der Waals surface area contributed by atoms with Crippen LogP contribution in [0.3, 0.4) is 0 Å². The number of ether oxygens (including phenoxy) is 1. The lowest BCUT2D eigenvalue weighted by Crippen LogP contribution is -2.36. The Morgan fingerprint density at radius 3 is 2.71 bits per heavy atom. The highest BCUT2D eigenvalue weighted by Crippen LogP contribution is 2.52. The van der Waals surface area contributed by atoms with Crippen molar-refractivity contribution in [2.75, 3.05) is 56.7 Å². The molecular weight excluding hydrogens is 464 g/mol. The van der Waals surface area contributed by atoms with Crippen LogP contribution in [0.5, 0.6) is 0 Å². The molecule has 1 atom stereocenters. The summed E-state index contributed by atoms with van der Waals surface area (Å²) in [6.45, 7) is 5.24. The Labute approximate surface area is 208 Å². The van der Waals surface area contributed by atoms with E-state index in [-0.39, 0.29) is 5.56 Å². The van der Waals surface area contributed by atoms with Gasteiger partial charge in [-0.05, 0) is 50.3 Å². The van der Waals surface area contributed by atoms with E-state index in [1.165, 1.54) is 31.7 Å². The highest BCUT2D eigenvalue weighted by Gasteiger charge is 2.23. The lowest BCUT2D eigenvalue weighted by Gasteiger charge is -2.29. The van der Waals surface area contributed by atoms with E-state index >= 15 is 0 Å². The highest BCUT2D eigenvalue weighted by atomic mass is 32.2. The molecule has 6 rings (SSSR count). The quantitative estimate of drug-likeness (QED) is 0.431. The van der Waals surface area contributed by atoms with E-state index in [1.54, 1.807) is 17.8 Å². The van der Waals surface area contributed by atoms with E-state index in [0.29, 0.717) is 19.3 Å². The molecule has 3 aromatic rings. The molecule has 0 saturated carbocycles. The molecule has 0 aliphatic carbocycles. The van der Waals surface area contributed by atoms with Gasteiger partial charge in [-0.3, -0.25) is 4.79 Å². The number of fused-ring (bicyclic) bond motifs is 2. The van der Waals surface area contributed by atoms with Crippen molar-refractivity contribution in [3.05, 3.63) is 58.9 Å². The van der Waals surface area contributed by atoms with Crippen molar-refractivity contribution >= 4 is 34.9 Å². The molecule has 176 valence electrons. The minimum absolute atomic E-state index is 0.0706. The molecule has 4 heterocycles. The highest BCUT2D eigenvalue weighted by molar-refractivity contribution is 8.05. The van der Waals surface area contributed by atoms with E-state index in [2.05, 4.69) is 69.6 Å². The lowest BCUT2D eigenvalue weighted by molar-refractivity contribution is 0.122. The number of H-pyrrole nitrogens is 1. The molecule has 0 amide bonds. The smallest absolute Gasteiger partial charge is 0.250 e. The largest absolute Gasteiger partial charge is 0.381 e. The summed E-state index contributed by atoms with van der Waals surface area (Å²) in [6, 6.07) is 17.4. The number of morpholine rings is 1. The van der Waals surface area contributed by atoms with Gasteiger partial charge in [0.05, 0.1) is 18.9 Å². The van der Waals surface area contributed by atoms with Crippen molar-refractivity contribution in [2.45, 2.75) is 32.0 Å². The number of hydrogen-bond acceptors (Lipinski definition) is 7. The van der Waals surface area contributed by atoms with Gasteiger partial charge in [0, 0.05) is 68.3 Å². The Kier molecular flexibility index (Phi) is 6.07. The van der Waals surface area contributed by atoms with Crippen LogP contribution in [0.2, 0.25) is 0 Å². The van der Waals surface area contributed by atoms with Gasteiger partial charge < -0.3 is 24.8 Å². The summed E-state index contributed by atoms with van der Waals surface area (Å²) in [4.78, 5) is 25.2. The second-order valence-electron chi connectivity index (χ2n) is 9.11. The van der Waals surface area contributed by atoms with Crippen LogP contribution in [0.25, 0.3) is 11.3 Å². The molecule has 3 aliphatic heterocycles. The zero-order valence-electron chi connectivity index (χ0n) is 19.2. The number of aromatic amines is 1. The predicted octanol–water partition coefficient (Wildman–Crippen LogP) is 4.61. The molecule has 8 heteroatoms. The van der Waals surface area contributed by atoms with Crippen molar-refractivity contribution in [1.82, 2.24) is 9.88 Å². The summed E-state index contributed by atoms with van der Waals surface area (Å²) in [6.07, 6.45) is 1.18. The van der Waals surface area contributed by atoms with Gasteiger partial charge in [-0.15, -0.1) is 0 Å². The fourth-order valence-corrected chi connectivity index (χ4v) is 7.28. The number of nitrogens with one attached hydrogen (secondary N) is 2. The van der Waals surface area contributed by atoms with Gasteiger partial charge >= 0.3 is 0 Å². The van der Waals surface area contributed by atoms with Crippen LogP contribution in [0.15, 0.2) is 72.9 Å². The predicted molar refractivity (Wildman–Crippen MR) is 140 cm³/mol. The summed E-state index contributed by atoms with van der Waals surface area (Å²) in [5.41, 5.74) is 4.02. The lowest BCUT2D eigenvalue weighted by atomic mass is 10.1. The summed E-state index contributed by atoms with van der Waals surface area (Å²) < 4.78 is 5.48. The molecule has 2 saturated heterocycles. The number of likely N-dealkylation sites (tertiary alicyclic amines) is 1. The molecule has 34 heavy (non-hydrogen) atoms. The van der Waals surface area contributed by atoms with Gasteiger partial charge in [0.2, 0.25) is 5.56 Å². The summed E-state index contributed by atoms with van der Waals surface area (Å²) in [7, 11) is 2.18. The van der Waals surface area contributed by atoms with E-state index in [9.17, 15) is 4.79 Å². The molecule has 0 bridgehead atoms. The molecule has 2 aromatic carbocycles. The van der Waals surface area contributed by atoms with E-state index in [0.717, 1.165) is 43.1 Å². The first kappa shape index (κ1) is 22.1. The SMILES string of the molecule is CN1CCC(Nc2ccc3c(c2)Sc2cccc(-c4cc(N5CCOCC5)cc(=O)[nH]4)c2S3)C1. The molecule has 3 aliphatic rings. The van der Waals surface area contributed by atoms with Gasteiger partial charge in [-0.1, -0.05) is 35.7 Å². The minimum atomic E-state index is -0.0706. The maximum atomic E-state index is 12.6. The fourth-order valence-electron chi connectivity index (χ4n) is 4.87. The Morgan fingerprint density at radius 1 is 1.00 bits per heavy atom. The van der Waals surface area contributed by atoms with Crippen LogP contribution in [0.4, 0.5) is 11.4 Å². The monoisotopic (exact) mass is 492 g/mol. The molecule has 0 radical (unpaired) electrons.